The Bertz CT molecular complexity index is 677. The SMILES string of the molecule is ClN(Nc1cccc2ccccc12)c1ccccc1. The minimum atomic E-state index is 0.900. The summed E-state index contributed by atoms with van der Waals surface area (Å²) in [5.74, 6) is 0. The number of fused-ring (bicyclic) bond motifs is 1. The Hall–Kier alpha value is -2.19. The Balaban J connectivity index is 1.94. The largest absolute Gasteiger partial charge is 0.283 e. The normalized spacial score (nSPS) is 10.4. The topological polar surface area (TPSA) is 15.3 Å². The number of benzene rings is 3. The van der Waals surface area contributed by atoms with Gasteiger partial charge in [0.25, 0.3) is 0 Å². The van der Waals surface area contributed by atoms with Crippen LogP contribution in [0.25, 0.3) is 10.8 Å². The van der Waals surface area contributed by atoms with Crippen molar-refractivity contribution in [2.75, 3.05) is 9.95 Å². The van der Waals surface area contributed by atoms with Gasteiger partial charge in [-0.05, 0) is 23.6 Å². The first-order valence-electron chi connectivity index (χ1n) is 6.10. The highest BCUT2D eigenvalue weighted by molar-refractivity contribution is 6.26. The number of anilines is 2. The molecular formula is C16H13ClN2. The van der Waals surface area contributed by atoms with Gasteiger partial charge in [0, 0.05) is 17.2 Å². The van der Waals surface area contributed by atoms with Crippen molar-refractivity contribution in [1.29, 1.82) is 0 Å². The van der Waals surface area contributed by atoms with E-state index in [1.54, 1.807) is 0 Å². The molecule has 3 rings (SSSR count). The van der Waals surface area contributed by atoms with Crippen LogP contribution in [0.15, 0.2) is 72.8 Å². The molecule has 2 nitrogen and oxygen atoms in total. The molecular weight excluding hydrogens is 256 g/mol. The molecule has 3 aromatic rings. The molecule has 0 aliphatic rings. The zero-order valence-corrected chi connectivity index (χ0v) is 11.0. The van der Waals surface area contributed by atoms with Gasteiger partial charge in [-0.25, -0.2) is 0 Å². The maximum absolute atomic E-state index is 6.26. The Morgan fingerprint density at radius 3 is 2.26 bits per heavy atom. The molecule has 0 bridgehead atoms. The van der Waals surface area contributed by atoms with E-state index in [0.717, 1.165) is 16.8 Å². The minimum absolute atomic E-state index is 0.900. The molecule has 0 saturated heterocycles. The van der Waals surface area contributed by atoms with Gasteiger partial charge in [0.1, 0.15) is 0 Å². The van der Waals surface area contributed by atoms with E-state index in [4.69, 9.17) is 11.8 Å². The van der Waals surface area contributed by atoms with Gasteiger partial charge in [-0.1, -0.05) is 54.6 Å². The highest BCUT2D eigenvalue weighted by Crippen LogP contribution is 2.25. The summed E-state index contributed by atoms with van der Waals surface area (Å²) in [6.45, 7) is 0. The van der Waals surface area contributed by atoms with E-state index >= 15 is 0 Å². The van der Waals surface area contributed by atoms with Crippen molar-refractivity contribution in [2.24, 2.45) is 0 Å². The average Bonchev–Trinajstić information content (AvgIpc) is 2.48. The zero-order chi connectivity index (χ0) is 13.1. The van der Waals surface area contributed by atoms with Crippen molar-refractivity contribution >= 4 is 33.9 Å². The molecule has 0 heterocycles. The first-order valence-corrected chi connectivity index (χ1v) is 6.44. The van der Waals surface area contributed by atoms with E-state index in [0.29, 0.717) is 0 Å². The van der Waals surface area contributed by atoms with Gasteiger partial charge in [0.15, 0.2) is 0 Å². The summed E-state index contributed by atoms with van der Waals surface area (Å²) in [5.41, 5.74) is 5.08. The lowest BCUT2D eigenvalue weighted by atomic mass is 10.1. The third kappa shape index (κ3) is 2.49. The predicted molar refractivity (Wildman–Crippen MR) is 82.3 cm³/mol. The van der Waals surface area contributed by atoms with Crippen LogP contribution in [0.3, 0.4) is 0 Å². The lowest BCUT2D eigenvalue weighted by Gasteiger charge is -2.19. The van der Waals surface area contributed by atoms with E-state index in [2.05, 4.69) is 23.6 Å². The first-order chi connectivity index (χ1) is 9.34. The van der Waals surface area contributed by atoms with E-state index in [-0.39, 0.29) is 0 Å². The van der Waals surface area contributed by atoms with Gasteiger partial charge in [0.05, 0.1) is 11.4 Å². The summed E-state index contributed by atoms with van der Waals surface area (Å²) in [6, 6.07) is 24.1. The van der Waals surface area contributed by atoms with Gasteiger partial charge in [-0.3, -0.25) is 5.43 Å². The molecule has 0 aromatic heterocycles. The van der Waals surface area contributed by atoms with E-state index in [1.165, 1.54) is 9.91 Å². The maximum Gasteiger partial charge on any atom is 0.0760 e. The Labute approximate surface area is 117 Å². The molecule has 19 heavy (non-hydrogen) atoms. The maximum atomic E-state index is 6.26. The summed E-state index contributed by atoms with van der Waals surface area (Å²) < 4.78 is 1.50. The fraction of sp³-hybridized carbons (Fsp3) is 0. The van der Waals surface area contributed by atoms with Crippen molar-refractivity contribution in [2.45, 2.75) is 0 Å². The van der Waals surface area contributed by atoms with Crippen LogP contribution in [-0.4, -0.2) is 0 Å². The van der Waals surface area contributed by atoms with Crippen LogP contribution in [0, 0.1) is 0 Å². The number of para-hydroxylation sites is 1. The average molecular weight is 269 g/mol. The van der Waals surface area contributed by atoms with Crippen LogP contribution in [0.2, 0.25) is 0 Å². The third-order valence-corrected chi connectivity index (χ3v) is 3.27. The molecule has 1 N–H and O–H groups in total. The summed E-state index contributed by atoms with van der Waals surface area (Å²) in [4.78, 5) is 0. The van der Waals surface area contributed by atoms with Crippen molar-refractivity contribution in [3.05, 3.63) is 72.8 Å². The lowest BCUT2D eigenvalue weighted by Crippen LogP contribution is -2.18. The molecule has 3 heteroatoms. The number of halogens is 1. The smallest absolute Gasteiger partial charge is 0.0760 e. The van der Waals surface area contributed by atoms with Crippen molar-refractivity contribution in [1.82, 2.24) is 0 Å². The summed E-state index contributed by atoms with van der Waals surface area (Å²) in [5, 5.41) is 2.33. The Morgan fingerprint density at radius 2 is 1.42 bits per heavy atom. The van der Waals surface area contributed by atoms with E-state index in [9.17, 15) is 0 Å². The number of hydrogen-bond donors (Lipinski definition) is 1. The molecule has 0 spiro atoms. The fourth-order valence-electron chi connectivity index (χ4n) is 2.05. The number of hydrogen-bond acceptors (Lipinski definition) is 2. The monoisotopic (exact) mass is 268 g/mol. The van der Waals surface area contributed by atoms with Gasteiger partial charge in [-0.2, -0.15) is 4.53 Å². The fourth-order valence-corrected chi connectivity index (χ4v) is 2.26. The van der Waals surface area contributed by atoms with Gasteiger partial charge < -0.3 is 0 Å². The first kappa shape index (κ1) is 11.9. The molecule has 0 fully saturated rings. The number of hydrazine groups is 1. The van der Waals surface area contributed by atoms with Gasteiger partial charge >= 0.3 is 0 Å². The van der Waals surface area contributed by atoms with Crippen molar-refractivity contribution in [3.8, 4) is 0 Å². The molecule has 0 unspecified atom stereocenters. The van der Waals surface area contributed by atoms with Crippen LogP contribution >= 0.6 is 11.8 Å². The van der Waals surface area contributed by atoms with Gasteiger partial charge in [0.2, 0.25) is 0 Å². The highest BCUT2D eigenvalue weighted by atomic mass is 35.5. The van der Waals surface area contributed by atoms with Gasteiger partial charge in [-0.15, -0.1) is 0 Å². The minimum Gasteiger partial charge on any atom is -0.283 e. The number of nitrogens with one attached hydrogen (secondary N) is 1. The van der Waals surface area contributed by atoms with Crippen LogP contribution < -0.4 is 9.95 Å². The molecule has 0 aliphatic carbocycles. The molecule has 94 valence electrons. The number of rotatable bonds is 3. The van der Waals surface area contributed by atoms with Crippen LogP contribution in [0.4, 0.5) is 11.4 Å². The Kier molecular flexibility index (Phi) is 3.25. The molecule has 0 atom stereocenters. The number of nitrogens with zero attached hydrogens (tertiary/aromatic N) is 1. The van der Waals surface area contributed by atoms with E-state index in [1.807, 2.05) is 54.6 Å². The third-order valence-electron chi connectivity index (χ3n) is 2.99. The summed E-state index contributed by atoms with van der Waals surface area (Å²) >= 11 is 6.26. The summed E-state index contributed by atoms with van der Waals surface area (Å²) in [7, 11) is 0. The Morgan fingerprint density at radius 1 is 0.737 bits per heavy atom. The van der Waals surface area contributed by atoms with Crippen LogP contribution in [0.1, 0.15) is 0 Å². The van der Waals surface area contributed by atoms with Crippen LogP contribution in [0.5, 0.6) is 0 Å². The standard InChI is InChI=1S/C16H13ClN2/c17-19(14-9-2-1-3-10-14)18-16-12-6-8-13-7-4-5-11-15(13)16/h1-12,18H. The second-order valence-corrected chi connectivity index (χ2v) is 4.59. The van der Waals surface area contributed by atoms with Crippen molar-refractivity contribution in [3.63, 3.8) is 0 Å². The predicted octanol–water partition coefficient (Wildman–Crippen LogP) is 4.83. The van der Waals surface area contributed by atoms with Crippen LogP contribution in [-0.2, 0) is 0 Å². The second-order valence-electron chi connectivity index (χ2n) is 4.25. The second kappa shape index (κ2) is 5.21. The quantitative estimate of drug-likeness (QED) is 0.541. The molecule has 0 amide bonds. The molecule has 3 aromatic carbocycles. The van der Waals surface area contributed by atoms with E-state index < -0.39 is 0 Å². The molecule has 0 aliphatic heterocycles. The zero-order valence-electron chi connectivity index (χ0n) is 10.3. The van der Waals surface area contributed by atoms with Crippen molar-refractivity contribution < 1.29 is 0 Å². The lowest BCUT2D eigenvalue weighted by molar-refractivity contribution is 1.28. The molecule has 0 saturated carbocycles. The molecule has 0 radical (unpaired) electrons. The highest BCUT2D eigenvalue weighted by Gasteiger charge is 2.05. The summed E-state index contributed by atoms with van der Waals surface area (Å²) in [6.07, 6.45) is 0.